The fourth-order valence-corrected chi connectivity index (χ4v) is 2.40. The standard InChI is InChI=1S/C18H26O5/c1-3-8-14-16(23-12-7-5-6-9-17(20)21)11-10-13(18(14)22)15(19)4-2/h10-11,22H,3-9,12H2,1-2H3,(H,20,21). The summed E-state index contributed by atoms with van der Waals surface area (Å²) < 4.78 is 5.73. The van der Waals surface area contributed by atoms with Crippen molar-refractivity contribution in [1.29, 1.82) is 0 Å². The van der Waals surface area contributed by atoms with Crippen molar-refractivity contribution in [3.8, 4) is 11.5 Å². The normalized spacial score (nSPS) is 10.5. The van der Waals surface area contributed by atoms with Gasteiger partial charge in [0.1, 0.15) is 11.5 Å². The topological polar surface area (TPSA) is 83.8 Å². The molecule has 23 heavy (non-hydrogen) atoms. The number of rotatable bonds is 11. The highest BCUT2D eigenvalue weighted by Gasteiger charge is 2.17. The maximum atomic E-state index is 11.8. The number of hydrogen-bond acceptors (Lipinski definition) is 4. The van der Waals surface area contributed by atoms with Gasteiger partial charge in [-0.15, -0.1) is 0 Å². The highest BCUT2D eigenvalue weighted by Crippen LogP contribution is 2.33. The number of carbonyl (C=O) groups is 2. The molecule has 5 nitrogen and oxygen atoms in total. The number of aromatic hydroxyl groups is 1. The highest BCUT2D eigenvalue weighted by atomic mass is 16.5. The Kier molecular flexibility index (Phi) is 8.16. The van der Waals surface area contributed by atoms with E-state index in [1.165, 1.54) is 0 Å². The molecular formula is C18H26O5. The van der Waals surface area contributed by atoms with Gasteiger partial charge in [-0.1, -0.05) is 20.3 Å². The van der Waals surface area contributed by atoms with Gasteiger partial charge in [0.2, 0.25) is 0 Å². The van der Waals surface area contributed by atoms with Crippen molar-refractivity contribution < 1.29 is 24.5 Å². The summed E-state index contributed by atoms with van der Waals surface area (Å²) >= 11 is 0. The average Bonchev–Trinajstić information content (AvgIpc) is 2.52. The fraction of sp³-hybridized carbons (Fsp3) is 0.556. The second kappa shape index (κ2) is 9.87. The molecule has 0 saturated carbocycles. The van der Waals surface area contributed by atoms with Gasteiger partial charge in [0, 0.05) is 18.4 Å². The lowest BCUT2D eigenvalue weighted by Gasteiger charge is -2.15. The lowest BCUT2D eigenvalue weighted by Crippen LogP contribution is -2.05. The van der Waals surface area contributed by atoms with Crippen LogP contribution in [0.4, 0.5) is 0 Å². The Bertz CT molecular complexity index is 536. The van der Waals surface area contributed by atoms with Gasteiger partial charge in [-0.05, 0) is 37.8 Å². The van der Waals surface area contributed by atoms with Crippen LogP contribution in [0, 0.1) is 0 Å². The molecule has 5 heteroatoms. The minimum absolute atomic E-state index is 0.0297. The lowest BCUT2D eigenvalue weighted by atomic mass is 10.00. The lowest BCUT2D eigenvalue weighted by molar-refractivity contribution is -0.137. The third-order valence-electron chi connectivity index (χ3n) is 3.65. The summed E-state index contributed by atoms with van der Waals surface area (Å²) in [6.07, 6.45) is 4.19. The first-order valence-corrected chi connectivity index (χ1v) is 8.23. The molecule has 0 radical (unpaired) electrons. The molecule has 1 aromatic rings. The second-order valence-electron chi connectivity index (χ2n) is 5.52. The van der Waals surface area contributed by atoms with Crippen LogP contribution in [-0.4, -0.2) is 28.6 Å². The molecule has 0 fully saturated rings. The maximum Gasteiger partial charge on any atom is 0.303 e. The largest absolute Gasteiger partial charge is 0.507 e. The van der Waals surface area contributed by atoms with Gasteiger partial charge in [-0.2, -0.15) is 0 Å². The molecule has 0 aromatic heterocycles. The van der Waals surface area contributed by atoms with E-state index in [9.17, 15) is 14.7 Å². The molecule has 0 aliphatic carbocycles. The predicted molar refractivity (Wildman–Crippen MR) is 88.3 cm³/mol. The van der Waals surface area contributed by atoms with Crippen LogP contribution < -0.4 is 4.74 Å². The summed E-state index contributed by atoms with van der Waals surface area (Å²) in [5.74, 6) is -0.227. The summed E-state index contributed by atoms with van der Waals surface area (Å²) in [4.78, 5) is 22.3. The van der Waals surface area contributed by atoms with Crippen LogP contribution in [0.3, 0.4) is 0 Å². The van der Waals surface area contributed by atoms with E-state index in [4.69, 9.17) is 9.84 Å². The van der Waals surface area contributed by atoms with E-state index in [0.717, 1.165) is 19.3 Å². The Hall–Kier alpha value is -2.04. The monoisotopic (exact) mass is 322 g/mol. The van der Waals surface area contributed by atoms with Gasteiger partial charge in [0.25, 0.3) is 0 Å². The van der Waals surface area contributed by atoms with E-state index >= 15 is 0 Å². The SMILES string of the molecule is CCCc1c(OCCCCCC(=O)O)ccc(C(=O)CC)c1O. The molecule has 0 atom stereocenters. The number of carbonyl (C=O) groups excluding carboxylic acids is 1. The Morgan fingerprint density at radius 1 is 1.13 bits per heavy atom. The predicted octanol–water partition coefficient (Wildman–Crippen LogP) is 3.96. The molecule has 0 bridgehead atoms. The summed E-state index contributed by atoms with van der Waals surface area (Å²) in [6.45, 7) is 4.24. The molecule has 2 N–H and O–H groups in total. The van der Waals surface area contributed by atoms with Crippen LogP contribution in [0.25, 0.3) is 0 Å². The average molecular weight is 322 g/mol. The maximum absolute atomic E-state index is 11.8. The minimum Gasteiger partial charge on any atom is -0.507 e. The molecule has 0 aliphatic rings. The van der Waals surface area contributed by atoms with Crippen molar-refractivity contribution in [3.05, 3.63) is 23.3 Å². The van der Waals surface area contributed by atoms with Crippen molar-refractivity contribution in [2.24, 2.45) is 0 Å². The quantitative estimate of drug-likeness (QED) is 0.476. The van der Waals surface area contributed by atoms with Gasteiger partial charge < -0.3 is 14.9 Å². The van der Waals surface area contributed by atoms with E-state index in [2.05, 4.69) is 0 Å². The third kappa shape index (κ3) is 5.93. The number of ketones is 1. The first-order chi connectivity index (χ1) is 11.0. The van der Waals surface area contributed by atoms with Crippen LogP contribution in [0.5, 0.6) is 11.5 Å². The molecule has 0 heterocycles. The number of unbranched alkanes of at least 4 members (excludes halogenated alkanes) is 2. The number of phenols is 1. The van der Waals surface area contributed by atoms with Gasteiger partial charge in [0.05, 0.1) is 12.2 Å². The van der Waals surface area contributed by atoms with E-state index in [0.29, 0.717) is 42.7 Å². The number of carboxylic acid groups (broad SMARTS) is 1. The Morgan fingerprint density at radius 2 is 1.87 bits per heavy atom. The fourth-order valence-electron chi connectivity index (χ4n) is 2.40. The van der Waals surface area contributed by atoms with Crippen molar-refractivity contribution in [3.63, 3.8) is 0 Å². The number of phenolic OH excluding ortho intramolecular Hbond substituents is 1. The van der Waals surface area contributed by atoms with E-state index in [-0.39, 0.29) is 18.0 Å². The molecule has 1 aromatic carbocycles. The van der Waals surface area contributed by atoms with Crippen molar-refractivity contribution >= 4 is 11.8 Å². The number of hydrogen-bond donors (Lipinski definition) is 2. The molecule has 0 aliphatic heterocycles. The zero-order chi connectivity index (χ0) is 17.2. The Balaban J connectivity index is 2.69. The van der Waals surface area contributed by atoms with Crippen LogP contribution in [0.15, 0.2) is 12.1 Å². The number of Topliss-reactive ketones (excluding diaryl/α,β-unsaturated/α-hetero) is 1. The van der Waals surface area contributed by atoms with Gasteiger partial charge in [0.15, 0.2) is 5.78 Å². The smallest absolute Gasteiger partial charge is 0.303 e. The third-order valence-corrected chi connectivity index (χ3v) is 3.65. The van der Waals surface area contributed by atoms with Crippen LogP contribution >= 0.6 is 0 Å². The number of aliphatic carboxylic acids is 1. The molecule has 1 rings (SSSR count). The van der Waals surface area contributed by atoms with Crippen molar-refractivity contribution in [2.75, 3.05) is 6.61 Å². The van der Waals surface area contributed by atoms with E-state index in [1.807, 2.05) is 6.92 Å². The summed E-state index contributed by atoms with van der Waals surface area (Å²) in [6, 6.07) is 3.35. The molecule has 0 amide bonds. The summed E-state index contributed by atoms with van der Waals surface area (Å²) in [5.41, 5.74) is 1.03. The zero-order valence-corrected chi connectivity index (χ0v) is 13.9. The van der Waals surface area contributed by atoms with Crippen LogP contribution in [0.1, 0.15) is 68.3 Å². The Morgan fingerprint density at radius 3 is 2.48 bits per heavy atom. The highest BCUT2D eigenvalue weighted by molar-refractivity contribution is 5.99. The van der Waals surface area contributed by atoms with Gasteiger partial charge in [-0.25, -0.2) is 0 Å². The van der Waals surface area contributed by atoms with Gasteiger partial charge in [-0.3, -0.25) is 9.59 Å². The molecule has 0 saturated heterocycles. The van der Waals surface area contributed by atoms with Crippen LogP contribution in [0.2, 0.25) is 0 Å². The van der Waals surface area contributed by atoms with Gasteiger partial charge >= 0.3 is 5.97 Å². The second-order valence-corrected chi connectivity index (χ2v) is 5.52. The van der Waals surface area contributed by atoms with E-state index in [1.54, 1.807) is 19.1 Å². The Labute approximate surface area is 137 Å². The first kappa shape index (κ1) is 19.0. The number of ether oxygens (including phenoxy) is 1. The summed E-state index contributed by atoms with van der Waals surface area (Å²) in [7, 11) is 0. The molecule has 0 spiro atoms. The first-order valence-electron chi connectivity index (χ1n) is 8.23. The van der Waals surface area contributed by atoms with E-state index < -0.39 is 5.97 Å². The zero-order valence-electron chi connectivity index (χ0n) is 13.9. The summed E-state index contributed by atoms with van der Waals surface area (Å²) in [5, 5.41) is 18.9. The minimum atomic E-state index is -0.780. The molecule has 128 valence electrons. The number of carboxylic acids is 1. The van der Waals surface area contributed by atoms with Crippen LogP contribution in [-0.2, 0) is 11.2 Å². The van der Waals surface area contributed by atoms with Crippen molar-refractivity contribution in [1.82, 2.24) is 0 Å². The molecular weight excluding hydrogens is 296 g/mol. The molecule has 0 unspecified atom stereocenters. The van der Waals surface area contributed by atoms with Crippen molar-refractivity contribution in [2.45, 2.75) is 58.8 Å². The number of benzene rings is 1.